The molecule has 1 rings (SSSR count). The minimum atomic E-state index is -1.54. The molecule has 0 saturated carbocycles. The zero-order valence-corrected chi connectivity index (χ0v) is 8.64. The molecule has 2 amide bonds. The van der Waals surface area contributed by atoms with Crippen molar-refractivity contribution in [2.24, 2.45) is 0 Å². The van der Waals surface area contributed by atoms with Crippen LogP contribution in [0.25, 0.3) is 0 Å². The largest absolute Gasteiger partial charge is 0.479 e. The Morgan fingerprint density at radius 2 is 2.27 bits per heavy atom. The lowest BCUT2D eigenvalue weighted by Gasteiger charge is -2.22. The average molecular weight is 216 g/mol. The summed E-state index contributed by atoms with van der Waals surface area (Å²) in [6.07, 6.45) is 0.400. The van der Waals surface area contributed by atoms with Crippen LogP contribution in [0.5, 0.6) is 0 Å². The molecule has 0 spiro atoms. The summed E-state index contributed by atoms with van der Waals surface area (Å²) in [5.74, 6) is -1.33. The fraction of sp³-hybridized carbons (Fsp3) is 0.778. The van der Waals surface area contributed by atoms with Gasteiger partial charge in [-0.3, -0.25) is 0 Å². The highest BCUT2D eigenvalue weighted by Crippen LogP contribution is 2.15. The van der Waals surface area contributed by atoms with E-state index in [0.29, 0.717) is 6.54 Å². The van der Waals surface area contributed by atoms with Crippen LogP contribution in [-0.4, -0.2) is 52.3 Å². The van der Waals surface area contributed by atoms with Gasteiger partial charge in [-0.05, 0) is 19.8 Å². The van der Waals surface area contributed by atoms with E-state index in [1.54, 1.807) is 4.90 Å². The van der Waals surface area contributed by atoms with E-state index < -0.39 is 12.1 Å². The second-order valence-electron chi connectivity index (χ2n) is 3.72. The van der Waals surface area contributed by atoms with Gasteiger partial charge in [0.05, 0.1) is 6.54 Å². The number of nitrogens with zero attached hydrogens (tertiary/aromatic N) is 1. The Hall–Kier alpha value is -1.30. The lowest BCUT2D eigenvalue weighted by atomic mass is 10.2. The van der Waals surface area contributed by atoms with Gasteiger partial charge in [-0.2, -0.15) is 0 Å². The van der Waals surface area contributed by atoms with Gasteiger partial charge in [-0.25, -0.2) is 9.59 Å². The first-order valence-electron chi connectivity index (χ1n) is 4.97. The summed E-state index contributed by atoms with van der Waals surface area (Å²) in [5.41, 5.74) is 0. The molecule has 0 aromatic rings. The smallest absolute Gasteiger partial charge is 0.334 e. The van der Waals surface area contributed by atoms with E-state index >= 15 is 0 Å². The van der Waals surface area contributed by atoms with Gasteiger partial charge in [0.1, 0.15) is 0 Å². The van der Waals surface area contributed by atoms with Crippen molar-refractivity contribution in [3.05, 3.63) is 0 Å². The molecule has 2 atom stereocenters. The first-order valence-corrected chi connectivity index (χ1v) is 4.97. The summed E-state index contributed by atoms with van der Waals surface area (Å²) in [7, 11) is 0. The van der Waals surface area contributed by atoms with Gasteiger partial charge in [0.15, 0.2) is 6.10 Å². The highest BCUT2D eigenvalue weighted by Gasteiger charge is 2.25. The molecule has 0 aliphatic carbocycles. The quantitative estimate of drug-likeness (QED) is 0.600. The van der Waals surface area contributed by atoms with Crippen LogP contribution in [0.4, 0.5) is 4.79 Å². The van der Waals surface area contributed by atoms with Crippen LogP contribution in [0.1, 0.15) is 19.8 Å². The number of carboxylic acids is 1. The van der Waals surface area contributed by atoms with Crippen molar-refractivity contribution >= 4 is 12.0 Å². The Labute approximate surface area is 87.9 Å². The Balaban J connectivity index is 2.32. The average Bonchev–Trinajstić information content (AvgIpc) is 2.60. The molecule has 1 saturated heterocycles. The lowest BCUT2D eigenvalue weighted by molar-refractivity contribution is -0.146. The Morgan fingerprint density at radius 3 is 2.73 bits per heavy atom. The summed E-state index contributed by atoms with van der Waals surface area (Å²) in [4.78, 5) is 23.4. The van der Waals surface area contributed by atoms with E-state index in [4.69, 9.17) is 10.2 Å². The number of likely N-dealkylation sites (tertiary alicyclic amines) is 1. The molecule has 0 aromatic carbocycles. The van der Waals surface area contributed by atoms with Crippen molar-refractivity contribution in [3.63, 3.8) is 0 Å². The van der Waals surface area contributed by atoms with Gasteiger partial charge < -0.3 is 20.4 Å². The second-order valence-corrected chi connectivity index (χ2v) is 3.72. The van der Waals surface area contributed by atoms with Gasteiger partial charge in [0.2, 0.25) is 0 Å². The SMILES string of the molecule is CC1CCCN1C(=O)NC[C@H](O)C(=O)O. The molecule has 0 radical (unpaired) electrons. The number of aliphatic carboxylic acids is 1. The predicted molar refractivity (Wildman–Crippen MR) is 52.4 cm³/mol. The number of rotatable bonds is 3. The van der Waals surface area contributed by atoms with Crippen molar-refractivity contribution in [3.8, 4) is 0 Å². The fourth-order valence-electron chi connectivity index (χ4n) is 1.61. The van der Waals surface area contributed by atoms with E-state index in [-0.39, 0.29) is 18.6 Å². The third-order valence-corrected chi connectivity index (χ3v) is 2.55. The third kappa shape index (κ3) is 3.09. The number of amides is 2. The Morgan fingerprint density at radius 1 is 1.60 bits per heavy atom. The van der Waals surface area contributed by atoms with Gasteiger partial charge in [0, 0.05) is 12.6 Å². The van der Waals surface area contributed by atoms with Crippen molar-refractivity contribution in [2.75, 3.05) is 13.1 Å². The number of urea groups is 1. The molecule has 15 heavy (non-hydrogen) atoms. The van der Waals surface area contributed by atoms with E-state index in [9.17, 15) is 9.59 Å². The van der Waals surface area contributed by atoms with Crippen LogP contribution in [0.15, 0.2) is 0 Å². The van der Waals surface area contributed by atoms with Gasteiger partial charge in [0.25, 0.3) is 0 Å². The maximum Gasteiger partial charge on any atom is 0.334 e. The molecular weight excluding hydrogens is 200 g/mol. The van der Waals surface area contributed by atoms with Crippen molar-refractivity contribution in [1.29, 1.82) is 0 Å². The third-order valence-electron chi connectivity index (χ3n) is 2.55. The highest BCUT2D eigenvalue weighted by molar-refractivity contribution is 5.77. The van der Waals surface area contributed by atoms with Crippen molar-refractivity contribution < 1.29 is 19.8 Å². The van der Waals surface area contributed by atoms with Gasteiger partial charge in [-0.15, -0.1) is 0 Å². The number of nitrogens with one attached hydrogen (secondary N) is 1. The summed E-state index contributed by atoms with van der Waals surface area (Å²) in [6.45, 7) is 2.38. The zero-order valence-electron chi connectivity index (χ0n) is 8.64. The minimum absolute atomic E-state index is 0.187. The first-order chi connectivity index (χ1) is 7.02. The van der Waals surface area contributed by atoms with E-state index in [2.05, 4.69) is 5.32 Å². The molecule has 1 aliphatic heterocycles. The first kappa shape index (κ1) is 11.8. The van der Waals surface area contributed by atoms with E-state index in [1.807, 2.05) is 6.92 Å². The molecule has 1 aliphatic rings. The number of carbonyl (C=O) groups is 2. The maximum atomic E-state index is 11.5. The minimum Gasteiger partial charge on any atom is -0.479 e. The Kier molecular flexibility index (Phi) is 3.90. The summed E-state index contributed by atoms with van der Waals surface area (Å²) >= 11 is 0. The summed E-state index contributed by atoms with van der Waals surface area (Å²) in [5, 5.41) is 19.7. The molecule has 3 N–H and O–H groups in total. The molecule has 1 unspecified atom stereocenters. The summed E-state index contributed by atoms with van der Waals surface area (Å²) in [6, 6.07) is -0.118. The molecular formula is C9H16N2O4. The Bertz CT molecular complexity index is 256. The molecule has 6 heteroatoms. The second kappa shape index (κ2) is 4.97. The molecule has 1 heterocycles. The van der Waals surface area contributed by atoms with Crippen molar-refractivity contribution in [1.82, 2.24) is 10.2 Å². The molecule has 6 nitrogen and oxygen atoms in total. The van der Waals surface area contributed by atoms with Gasteiger partial charge >= 0.3 is 12.0 Å². The topological polar surface area (TPSA) is 89.9 Å². The summed E-state index contributed by atoms with van der Waals surface area (Å²) < 4.78 is 0. The van der Waals surface area contributed by atoms with Crippen LogP contribution in [0.2, 0.25) is 0 Å². The van der Waals surface area contributed by atoms with Crippen LogP contribution in [-0.2, 0) is 4.79 Å². The van der Waals surface area contributed by atoms with Crippen LogP contribution in [0.3, 0.4) is 0 Å². The molecule has 0 aromatic heterocycles. The molecule has 1 fully saturated rings. The van der Waals surface area contributed by atoms with Crippen LogP contribution in [0, 0.1) is 0 Å². The molecule has 86 valence electrons. The predicted octanol–water partition coefficient (Wildman–Crippen LogP) is -0.374. The molecule has 0 bridgehead atoms. The number of hydrogen-bond acceptors (Lipinski definition) is 3. The van der Waals surface area contributed by atoms with Crippen LogP contribution < -0.4 is 5.32 Å². The van der Waals surface area contributed by atoms with Crippen molar-refractivity contribution in [2.45, 2.75) is 31.9 Å². The number of carboxylic acid groups (broad SMARTS) is 1. The van der Waals surface area contributed by atoms with E-state index in [0.717, 1.165) is 12.8 Å². The lowest BCUT2D eigenvalue weighted by Crippen LogP contribution is -2.45. The van der Waals surface area contributed by atoms with Gasteiger partial charge in [-0.1, -0.05) is 0 Å². The van der Waals surface area contributed by atoms with E-state index in [1.165, 1.54) is 0 Å². The number of hydrogen-bond donors (Lipinski definition) is 3. The maximum absolute atomic E-state index is 11.5. The number of aliphatic hydroxyl groups excluding tert-OH is 1. The van der Waals surface area contributed by atoms with Crippen LogP contribution >= 0.6 is 0 Å². The number of aliphatic hydroxyl groups is 1. The normalized spacial score (nSPS) is 22.5. The fourth-order valence-corrected chi connectivity index (χ4v) is 1.61. The zero-order chi connectivity index (χ0) is 11.4. The highest BCUT2D eigenvalue weighted by atomic mass is 16.4. The number of carbonyl (C=O) groups excluding carboxylic acids is 1. The monoisotopic (exact) mass is 216 g/mol. The standard InChI is InChI=1S/C9H16N2O4/c1-6-3-2-4-11(6)9(15)10-5-7(12)8(13)14/h6-7,12H,2-5H2,1H3,(H,10,15)(H,13,14)/t6?,7-/m0/s1.